The summed E-state index contributed by atoms with van der Waals surface area (Å²) < 4.78 is 0. The van der Waals surface area contributed by atoms with E-state index in [0.29, 0.717) is 6.54 Å². The van der Waals surface area contributed by atoms with Gasteiger partial charge in [0.15, 0.2) is 0 Å². The minimum atomic E-state index is -0.584. The van der Waals surface area contributed by atoms with Crippen LogP contribution in [0, 0.1) is 5.92 Å². The first-order valence-corrected chi connectivity index (χ1v) is 7.92. The van der Waals surface area contributed by atoms with Crippen LogP contribution in [0.15, 0.2) is 30.3 Å². The highest BCUT2D eigenvalue weighted by Crippen LogP contribution is 2.01. The molecule has 25 heavy (non-hydrogen) atoms. The second-order valence-corrected chi connectivity index (χ2v) is 6.06. The van der Waals surface area contributed by atoms with Gasteiger partial charge in [-0.1, -0.05) is 44.2 Å². The SMILES string of the molecule is CC(C)[C@H](N)C(=O)NCC(=O)NCCN(C)Cc1ccccc1.Cl.Cl. The van der Waals surface area contributed by atoms with Crippen LogP contribution >= 0.6 is 24.8 Å². The zero-order valence-corrected chi connectivity index (χ0v) is 16.7. The summed E-state index contributed by atoms with van der Waals surface area (Å²) in [6.07, 6.45) is 0. The number of carbonyl (C=O) groups excluding carboxylic acids is 2. The Morgan fingerprint density at radius 2 is 1.72 bits per heavy atom. The summed E-state index contributed by atoms with van der Waals surface area (Å²) in [6.45, 7) is 5.80. The smallest absolute Gasteiger partial charge is 0.239 e. The van der Waals surface area contributed by atoms with Crippen LogP contribution in [-0.4, -0.2) is 49.4 Å². The van der Waals surface area contributed by atoms with Crippen LogP contribution in [0.4, 0.5) is 0 Å². The van der Waals surface area contributed by atoms with Crippen molar-refractivity contribution in [3.8, 4) is 0 Å². The van der Waals surface area contributed by atoms with Gasteiger partial charge in [0.2, 0.25) is 11.8 Å². The molecule has 0 spiro atoms. The summed E-state index contributed by atoms with van der Waals surface area (Å²) in [7, 11) is 2.00. The summed E-state index contributed by atoms with van der Waals surface area (Å²) >= 11 is 0. The second kappa shape index (κ2) is 13.9. The maximum atomic E-state index is 11.7. The van der Waals surface area contributed by atoms with E-state index in [1.165, 1.54) is 5.56 Å². The lowest BCUT2D eigenvalue weighted by molar-refractivity contribution is -0.127. The molecule has 1 aromatic carbocycles. The fourth-order valence-corrected chi connectivity index (χ4v) is 2.01. The van der Waals surface area contributed by atoms with Crippen LogP contribution in [0.1, 0.15) is 19.4 Å². The van der Waals surface area contributed by atoms with Crippen molar-refractivity contribution in [3.63, 3.8) is 0 Å². The summed E-state index contributed by atoms with van der Waals surface area (Å²) in [5, 5.41) is 5.34. The average Bonchev–Trinajstić information content (AvgIpc) is 2.52. The molecule has 4 N–H and O–H groups in total. The molecule has 0 saturated heterocycles. The highest BCUT2D eigenvalue weighted by atomic mass is 35.5. The normalized spacial score (nSPS) is 11.3. The van der Waals surface area contributed by atoms with Gasteiger partial charge >= 0.3 is 0 Å². The summed E-state index contributed by atoms with van der Waals surface area (Å²) in [6, 6.07) is 9.57. The van der Waals surface area contributed by atoms with Gasteiger partial charge in [-0.15, -0.1) is 24.8 Å². The molecule has 0 aliphatic carbocycles. The van der Waals surface area contributed by atoms with Crippen LogP contribution in [0.2, 0.25) is 0 Å². The van der Waals surface area contributed by atoms with Gasteiger partial charge in [0, 0.05) is 19.6 Å². The second-order valence-electron chi connectivity index (χ2n) is 6.06. The molecular weight excluding hydrogens is 363 g/mol. The molecule has 8 heteroatoms. The molecule has 1 rings (SSSR count). The molecule has 0 aromatic heterocycles. The zero-order chi connectivity index (χ0) is 17.2. The van der Waals surface area contributed by atoms with E-state index in [1.54, 1.807) is 0 Å². The molecule has 1 atom stereocenters. The Balaban J connectivity index is 0. The number of amides is 2. The first-order chi connectivity index (χ1) is 10.9. The zero-order valence-electron chi connectivity index (χ0n) is 15.0. The molecule has 2 amide bonds. The van der Waals surface area contributed by atoms with E-state index >= 15 is 0 Å². The molecule has 0 fully saturated rings. The maximum absolute atomic E-state index is 11.7. The van der Waals surface area contributed by atoms with Gasteiger partial charge in [-0.2, -0.15) is 0 Å². The Labute approximate surface area is 162 Å². The number of halogens is 2. The Morgan fingerprint density at radius 3 is 2.28 bits per heavy atom. The number of nitrogens with two attached hydrogens (primary N) is 1. The number of benzene rings is 1. The lowest BCUT2D eigenvalue weighted by atomic mass is 10.1. The van der Waals surface area contributed by atoms with Gasteiger partial charge in [0.1, 0.15) is 0 Å². The molecule has 0 aliphatic rings. The number of carbonyl (C=O) groups is 2. The molecule has 0 radical (unpaired) electrons. The molecule has 6 nitrogen and oxygen atoms in total. The van der Waals surface area contributed by atoms with E-state index in [9.17, 15) is 9.59 Å². The van der Waals surface area contributed by atoms with Gasteiger partial charge in [-0.25, -0.2) is 0 Å². The molecule has 0 unspecified atom stereocenters. The molecule has 0 bridgehead atoms. The van der Waals surface area contributed by atoms with Crippen LogP contribution in [0.25, 0.3) is 0 Å². The van der Waals surface area contributed by atoms with E-state index in [0.717, 1.165) is 13.1 Å². The topological polar surface area (TPSA) is 87.5 Å². The fourth-order valence-electron chi connectivity index (χ4n) is 2.01. The summed E-state index contributed by atoms with van der Waals surface area (Å²) in [5.74, 6) is -0.455. The number of nitrogens with zero attached hydrogens (tertiary/aromatic N) is 1. The Bertz CT molecular complexity index is 501. The van der Waals surface area contributed by atoms with E-state index in [-0.39, 0.29) is 49.1 Å². The lowest BCUT2D eigenvalue weighted by Gasteiger charge is -2.17. The van der Waals surface area contributed by atoms with Crippen molar-refractivity contribution >= 4 is 36.6 Å². The van der Waals surface area contributed by atoms with Crippen molar-refractivity contribution in [1.29, 1.82) is 0 Å². The highest BCUT2D eigenvalue weighted by molar-refractivity contribution is 5.87. The molecular formula is C17H30Cl2N4O2. The summed E-state index contributed by atoms with van der Waals surface area (Å²) in [4.78, 5) is 25.5. The lowest BCUT2D eigenvalue weighted by Crippen LogP contribution is -2.47. The van der Waals surface area contributed by atoms with Crippen molar-refractivity contribution in [2.75, 3.05) is 26.7 Å². The van der Waals surface area contributed by atoms with Crippen molar-refractivity contribution in [1.82, 2.24) is 15.5 Å². The van der Waals surface area contributed by atoms with Gasteiger partial charge in [0.25, 0.3) is 0 Å². The van der Waals surface area contributed by atoms with Gasteiger partial charge < -0.3 is 21.3 Å². The van der Waals surface area contributed by atoms with Crippen LogP contribution in [0.5, 0.6) is 0 Å². The van der Waals surface area contributed by atoms with Crippen LogP contribution in [0.3, 0.4) is 0 Å². The summed E-state index contributed by atoms with van der Waals surface area (Å²) in [5.41, 5.74) is 6.94. The average molecular weight is 393 g/mol. The number of hydrogen-bond acceptors (Lipinski definition) is 4. The molecule has 0 saturated carbocycles. The third-order valence-electron chi connectivity index (χ3n) is 3.56. The van der Waals surface area contributed by atoms with E-state index < -0.39 is 6.04 Å². The predicted molar refractivity (Wildman–Crippen MR) is 106 cm³/mol. The van der Waals surface area contributed by atoms with E-state index in [4.69, 9.17) is 5.73 Å². The third-order valence-corrected chi connectivity index (χ3v) is 3.56. The molecule has 0 heterocycles. The van der Waals surface area contributed by atoms with Gasteiger partial charge in [-0.05, 0) is 18.5 Å². The maximum Gasteiger partial charge on any atom is 0.239 e. The number of hydrogen-bond donors (Lipinski definition) is 3. The van der Waals surface area contributed by atoms with Crippen LogP contribution < -0.4 is 16.4 Å². The standard InChI is InChI=1S/C17H28N4O2.2ClH/c1-13(2)16(18)17(23)20-11-15(22)19-9-10-21(3)12-14-7-5-4-6-8-14;;/h4-8,13,16H,9-12,18H2,1-3H3,(H,19,22)(H,20,23);2*1H/t16-;;/m0../s1. The number of likely N-dealkylation sites (N-methyl/N-ethyl adjacent to an activating group) is 1. The van der Waals surface area contributed by atoms with Crippen LogP contribution in [-0.2, 0) is 16.1 Å². The Hall–Kier alpha value is -1.34. The highest BCUT2D eigenvalue weighted by Gasteiger charge is 2.17. The predicted octanol–water partition coefficient (Wildman–Crippen LogP) is 1.18. The number of rotatable bonds is 9. The van der Waals surface area contributed by atoms with Gasteiger partial charge in [0.05, 0.1) is 12.6 Å². The Kier molecular flexibility index (Phi) is 14.4. The molecule has 1 aromatic rings. The Morgan fingerprint density at radius 1 is 1.12 bits per heavy atom. The van der Waals surface area contributed by atoms with E-state index in [2.05, 4.69) is 27.7 Å². The first kappa shape index (κ1) is 25.9. The molecule has 144 valence electrons. The first-order valence-electron chi connectivity index (χ1n) is 7.92. The van der Waals surface area contributed by atoms with Crippen molar-refractivity contribution in [3.05, 3.63) is 35.9 Å². The fraction of sp³-hybridized carbons (Fsp3) is 0.529. The van der Waals surface area contributed by atoms with E-state index in [1.807, 2.05) is 39.1 Å². The monoisotopic (exact) mass is 392 g/mol. The van der Waals surface area contributed by atoms with Crippen molar-refractivity contribution in [2.45, 2.75) is 26.4 Å². The minimum absolute atomic E-state index is 0. The third kappa shape index (κ3) is 11.0. The van der Waals surface area contributed by atoms with Gasteiger partial charge in [-0.3, -0.25) is 9.59 Å². The molecule has 0 aliphatic heterocycles. The van der Waals surface area contributed by atoms with Crippen molar-refractivity contribution in [2.24, 2.45) is 11.7 Å². The quantitative estimate of drug-likeness (QED) is 0.588. The minimum Gasteiger partial charge on any atom is -0.353 e. The van der Waals surface area contributed by atoms with Crippen molar-refractivity contribution < 1.29 is 9.59 Å². The number of nitrogens with one attached hydrogen (secondary N) is 2. The largest absolute Gasteiger partial charge is 0.353 e.